The molecule has 0 saturated carbocycles. The second-order valence-corrected chi connectivity index (χ2v) is 5.99. The lowest BCUT2D eigenvalue weighted by atomic mass is 9.80. The summed E-state index contributed by atoms with van der Waals surface area (Å²) < 4.78 is 5.23. The monoisotopic (exact) mass is 273 g/mol. The van der Waals surface area contributed by atoms with Gasteiger partial charge in [-0.05, 0) is 50.5 Å². The molecule has 0 spiro atoms. The van der Waals surface area contributed by atoms with Gasteiger partial charge in [0.05, 0.1) is 18.4 Å². The number of nitriles is 1. The predicted molar refractivity (Wildman–Crippen MR) is 81.0 cm³/mol. The second-order valence-electron chi connectivity index (χ2n) is 5.99. The number of piperidine rings is 1. The molecule has 2 rings (SSSR count). The Morgan fingerprint density at radius 3 is 2.70 bits per heavy atom. The highest BCUT2D eigenvalue weighted by Gasteiger charge is 2.28. The maximum atomic E-state index is 9.18. The van der Waals surface area contributed by atoms with Gasteiger partial charge in [0.2, 0.25) is 0 Å². The van der Waals surface area contributed by atoms with Crippen LogP contribution in [0.5, 0.6) is 5.75 Å². The van der Waals surface area contributed by atoms with Crippen LogP contribution in [0.3, 0.4) is 0 Å². The molecule has 1 aromatic rings. The fraction of sp³-hybridized carbons (Fsp3) is 0.562. The molecule has 0 amide bonds. The molecule has 0 bridgehead atoms. The highest BCUT2D eigenvalue weighted by Crippen LogP contribution is 2.31. The lowest BCUT2D eigenvalue weighted by molar-refractivity contribution is 0.150. The van der Waals surface area contributed by atoms with E-state index in [-0.39, 0.29) is 0 Å². The molecule has 1 heterocycles. The van der Waals surface area contributed by atoms with Gasteiger partial charge in [0.25, 0.3) is 0 Å². The highest BCUT2D eigenvalue weighted by atomic mass is 16.5. The topological polar surface area (TPSA) is 48.3 Å². The summed E-state index contributed by atoms with van der Waals surface area (Å²) in [5.74, 6) is 0.778. The van der Waals surface area contributed by atoms with E-state index >= 15 is 0 Å². The number of benzene rings is 1. The van der Waals surface area contributed by atoms with Crippen molar-refractivity contribution < 1.29 is 4.74 Å². The summed E-state index contributed by atoms with van der Waals surface area (Å²) in [6.45, 7) is 5.49. The molecule has 1 aromatic carbocycles. The summed E-state index contributed by atoms with van der Waals surface area (Å²) in [6, 6.07) is 7.75. The van der Waals surface area contributed by atoms with Crippen LogP contribution in [0.25, 0.3) is 0 Å². The quantitative estimate of drug-likeness (QED) is 0.916. The number of anilines is 1. The minimum Gasteiger partial charge on any atom is -0.497 e. The van der Waals surface area contributed by atoms with E-state index in [9.17, 15) is 5.26 Å². The van der Waals surface area contributed by atoms with Crippen LogP contribution in [-0.2, 0) is 0 Å². The Labute approximate surface area is 121 Å². The third-order valence-electron chi connectivity index (χ3n) is 4.25. The van der Waals surface area contributed by atoms with Crippen molar-refractivity contribution in [2.45, 2.75) is 19.8 Å². The Morgan fingerprint density at radius 2 is 2.10 bits per heavy atom. The van der Waals surface area contributed by atoms with E-state index in [4.69, 9.17) is 4.74 Å². The average molecular weight is 273 g/mol. The maximum absolute atomic E-state index is 9.18. The summed E-state index contributed by atoms with van der Waals surface area (Å²) in [5.41, 5.74) is 1.83. The van der Waals surface area contributed by atoms with Crippen molar-refractivity contribution >= 4 is 5.69 Å². The van der Waals surface area contributed by atoms with Crippen molar-refractivity contribution in [3.05, 3.63) is 23.8 Å². The van der Waals surface area contributed by atoms with Gasteiger partial charge in [0.1, 0.15) is 11.8 Å². The van der Waals surface area contributed by atoms with Crippen LogP contribution in [0.15, 0.2) is 18.2 Å². The van der Waals surface area contributed by atoms with Gasteiger partial charge in [0.15, 0.2) is 0 Å². The van der Waals surface area contributed by atoms with Crippen molar-refractivity contribution in [3.63, 3.8) is 0 Å². The SMILES string of the molecule is COc1ccc(C#N)c(NCC2(C)CCN(C)CC2)c1. The third kappa shape index (κ3) is 3.43. The van der Waals surface area contributed by atoms with Gasteiger partial charge in [-0.3, -0.25) is 0 Å². The van der Waals surface area contributed by atoms with Gasteiger partial charge >= 0.3 is 0 Å². The first kappa shape index (κ1) is 14.7. The number of nitrogens with one attached hydrogen (secondary N) is 1. The fourth-order valence-corrected chi connectivity index (χ4v) is 2.54. The minimum absolute atomic E-state index is 0.294. The molecular weight excluding hydrogens is 250 g/mol. The van der Waals surface area contributed by atoms with Crippen LogP contribution in [0.4, 0.5) is 5.69 Å². The van der Waals surface area contributed by atoms with Gasteiger partial charge in [-0.2, -0.15) is 5.26 Å². The van der Waals surface area contributed by atoms with Crippen molar-refractivity contribution in [1.82, 2.24) is 4.90 Å². The van der Waals surface area contributed by atoms with E-state index in [0.717, 1.165) is 31.1 Å². The lowest BCUT2D eigenvalue weighted by Gasteiger charge is -2.38. The summed E-state index contributed by atoms with van der Waals surface area (Å²) in [4.78, 5) is 2.37. The molecule has 1 aliphatic rings. The number of nitrogens with zero attached hydrogens (tertiary/aromatic N) is 2. The average Bonchev–Trinajstić information content (AvgIpc) is 2.48. The number of methoxy groups -OCH3 is 1. The van der Waals surface area contributed by atoms with Gasteiger partial charge < -0.3 is 15.0 Å². The Kier molecular flexibility index (Phi) is 4.51. The van der Waals surface area contributed by atoms with E-state index in [1.807, 2.05) is 12.1 Å². The van der Waals surface area contributed by atoms with Crippen molar-refractivity contribution in [2.24, 2.45) is 5.41 Å². The Morgan fingerprint density at radius 1 is 1.40 bits per heavy atom. The van der Waals surface area contributed by atoms with E-state index in [0.29, 0.717) is 11.0 Å². The number of hydrogen-bond donors (Lipinski definition) is 1. The van der Waals surface area contributed by atoms with Crippen LogP contribution in [0.1, 0.15) is 25.3 Å². The zero-order valence-corrected chi connectivity index (χ0v) is 12.6. The summed E-state index contributed by atoms with van der Waals surface area (Å²) >= 11 is 0. The molecule has 1 saturated heterocycles. The first-order valence-corrected chi connectivity index (χ1v) is 7.07. The molecular formula is C16H23N3O. The number of likely N-dealkylation sites (tertiary alicyclic amines) is 1. The van der Waals surface area contributed by atoms with Crippen LogP contribution in [-0.4, -0.2) is 38.7 Å². The summed E-state index contributed by atoms with van der Waals surface area (Å²) in [5, 5.41) is 12.6. The third-order valence-corrected chi connectivity index (χ3v) is 4.25. The fourth-order valence-electron chi connectivity index (χ4n) is 2.54. The van der Waals surface area contributed by atoms with Crippen LogP contribution in [0, 0.1) is 16.7 Å². The van der Waals surface area contributed by atoms with Crippen LogP contribution < -0.4 is 10.1 Å². The maximum Gasteiger partial charge on any atom is 0.121 e. The zero-order chi connectivity index (χ0) is 14.6. The number of hydrogen-bond acceptors (Lipinski definition) is 4. The highest BCUT2D eigenvalue weighted by molar-refractivity contribution is 5.60. The molecule has 0 aliphatic carbocycles. The second kappa shape index (κ2) is 6.15. The van der Waals surface area contributed by atoms with Gasteiger partial charge in [-0.1, -0.05) is 6.92 Å². The van der Waals surface area contributed by atoms with Crippen molar-refractivity contribution in [2.75, 3.05) is 39.1 Å². The van der Waals surface area contributed by atoms with Gasteiger partial charge in [-0.25, -0.2) is 0 Å². The lowest BCUT2D eigenvalue weighted by Crippen LogP contribution is -2.40. The summed E-state index contributed by atoms with van der Waals surface area (Å²) in [7, 11) is 3.81. The Bertz CT molecular complexity index is 499. The predicted octanol–water partition coefficient (Wildman–Crippen LogP) is 2.71. The smallest absolute Gasteiger partial charge is 0.121 e. The van der Waals surface area contributed by atoms with E-state index in [1.54, 1.807) is 13.2 Å². The van der Waals surface area contributed by atoms with E-state index < -0.39 is 0 Å². The molecule has 0 atom stereocenters. The zero-order valence-electron chi connectivity index (χ0n) is 12.6. The van der Waals surface area contributed by atoms with Gasteiger partial charge in [0, 0.05) is 12.6 Å². The minimum atomic E-state index is 0.294. The molecule has 1 N–H and O–H groups in total. The first-order valence-electron chi connectivity index (χ1n) is 7.07. The number of ether oxygens (including phenoxy) is 1. The largest absolute Gasteiger partial charge is 0.497 e. The van der Waals surface area contributed by atoms with E-state index in [2.05, 4.69) is 30.3 Å². The molecule has 1 aliphatic heterocycles. The molecule has 1 fully saturated rings. The Balaban J connectivity index is 2.05. The molecule has 20 heavy (non-hydrogen) atoms. The van der Waals surface area contributed by atoms with Gasteiger partial charge in [-0.15, -0.1) is 0 Å². The molecule has 4 nitrogen and oxygen atoms in total. The Hall–Kier alpha value is -1.73. The van der Waals surface area contributed by atoms with Crippen molar-refractivity contribution in [3.8, 4) is 11.8 Å². The van der Waals surface area contributed by atoms with Crippen molar-refractivity contribution in [1.29, 1.82) is 5.26 Å². The van der Waals surface area contributed by atoms with Crippen LogP contribution in [0.2, 0.25) is 0 Å². The molecule has 0 unspecified atom stereocenters. The molecule has 0 aromatic heterocycles. The number of rotatable bonds is 4. The molecule has 108 valence electrons. The first-order chi connectivity index (χ1) is 9.56. The van der Waals surface area contributed by atoms with E-state index in [1.165, 1.54) is 12.8 Å². The standard InChI is InChI=1S/C16H23N3O/c1-16(6-8-19(2)9-7-16)12-18-15-10-14(20-3)5-4-13(15)11-17/h4-5,10,18H,6-9,12H2,1-3H3. The van der Waals surface area contributed by atoms with Crippen LogP contribution >= 0.6 is 0 Å². The molecule has 4 heteroatoms. The molecule has 0 radical (unpaired) electrons. The summed E-state index contributed by atoms with van der Waals surface area (Å²) in [6.07, 6.45) is 2.37. The normalized spacial score (nSPS) is 18.3.